The number of rotatable bonds is 4. The van der Waals surface area contributed by atoms with Crippen LogP contribution in [-0.2, 0) is 9.59 Å². The minimum Gasteiger partial charge on any atom is -0.460 e. The summed E-state index contributed by atoms with van der Waals surface area (Å²) in [4.78, 5) is 33.5. The first kappa shape index (κ1) is 17.0. The number of hydrogen-bond acceptors (Lipinski definition) is 5. The number of hydrogen-bond donors (Lipinski definition) is 1. The second kappa shape index (κ2) is 7.34. The SMILES string of the molecule is CN1CC(C(=O)NC2CCC(Oc3ncc(Cl)cn3)CC2)CC1=O. The van der Waals surface area contributed by atoms with Crippen LogP contribution in [0.3, 0.4) is 0 Å². The zero-order valence-electron chi connectivity index (χ0n) is 13.6. The molecule has 1 aliphatic heterocycles. The minimum absolute atomic E-state index is 0.0156. The molecule has 2 amide bonds. The first-order chi connectivity index (χ1) is 11.5. The van der Waals surface area contributed by atoms with Crippen molar-refractivity contribution in [1.29, 1.82) is 0 Å². The lowest BCUT2D eigenvalue weighted by Gasteiger charge is -2.29. The van der Waals surface area contributed by atoms with E-state index in [1.807, 2.05) is 0 Å². The van der Waals surface area contributed by atoms with E-state index >= 15 is 0 Å². The molecule has 130 valence electrons. The third-order valence-electron chi connectivity index (χ3n) is 4.60. The van der Waals surface area contributed by atoms with Crippen LogP contribution in [0.5, 0.6) is 6.01 Å². The lowest BCUT2D eigenvalue weighted by Crippen LogP contribution is -2.43. The molecular formula is C16H21ClN4O3. The summed E-state index contributed by atoms with van der Waals surface area (Å²) in [5.41, 5.74) is 0. The summed E-state index contributed by atoms with van der Waals surface area (Å²) in [5, 5.41) is 3.55. The van der Waals surface area contributed by atoms with Gasteiger partial charge in [0.05, 0.1) is 23.3 Å². The molecule has 8 heteroatoms. The van der Waals surface area contributed by atoms with Gasteiger partial charge in [0.15, 0.2) is 0 Å². The van der Waals surface area contributed by atoms with Crippen molar-refractivity contribution in [2.24, 2.45) is 5.92 Å². The number of ether oxygens (including phenoxy) is 1. The maximum atomic E-state index is 12.3. The van der Waals surface area contributed by atoms with Crippen LogP contribution in [-0.4, -0.2) is 52.4 Å². The summed E-state index contributed by atoms with van der Waals surface area (Å²) in [6, 6.07) is 0.476. The largest absolute Gasteiger partial charge is 0.460 e. The zero-order chi connectivity index (χ0) is 17.1. The standard InChI is InChI=1S/C16H21ClN4O3/c1-21-9-10(6-14(21)22)15(23)20-12-2-4-13(5-3-12)24-16-18-7-11(17)8-19-16/h7-8,10,12-13H,2-6,9H2,1H3,(H,20,23). The number of aromatic nitrogens is 2. The topological polar surface area (TPSA) is 84.4 Å². The van der Waals surface area contributed by atoms with Gasteiger partial charge in [-0.1, -0.05) is 11.6 Å². The lowest BCUT2D eigenvalue weighted by atomic mass is 9.92. The number of nitrogens with one attached hydrogen (secondary N) is 1. The van der Waals surface area contributed by atoms with Gasteiger partial charge < -0.3 is 15.0 Å². The Kier molecular flexibility index (Phi) is 5.18. The van der Waals surface area contributed by atoms with Crippen LogP contribution in [0.25, 0.3) is 0 Å². The van der Waals surface area contributed by atoms with E-state index in [4.69, 9.17) is 16.3 Å². The number of halogens is 1. The van der Waals surface area contributed by atoms with E-state index in [1.165, 1.54) is 12.4 Å². The van der Waals surface area contributed by atoms with Crippen molar-refractivity contribution < 1.29 is 14.3 Å². The highest BCUT2D eigenvalue weighted by molar-refractivity contribution is 6.30. The third kappa shape index (κ3) is 4.14. The predicted molar refractivity (Wildman–Crippen MR) is 87.6 cm³/mol. The molecule has 2 fully saturated rings. The van der Waals surface area contributed by atoms with Gasteiger partial charge >= 0.3 is 6.01 Å². The van der Waals surface area contributed by atoms with E-state index in [0.717, 1.165) is 25.7 Å². The highest BCUT2D eigenvalue weighted by Gasteiger charge is 2.33. The number of carbonyl (C=O) groups is 2. The average Bonchev–Trinajstić information content (AvgIpc) is 2.91. The van der Waals surface area contributed by atoms with Gasteiger partial charge in [-0.05, 0) is 25.7 Å². The molecule has 1 unspecified atom stereocenters. The van der Waals surface area contributed by atoms with Crippen molar-refractivity contribution in [2.45, 2.75) is 44.2 Å². The van der Waals surface area contributed by atoms with Crippen molar-refractivity contribution in [3.63, 3.8) is 0 Å². The minimum atomic E-state index is -0.223. The van der Waals surface area contributed by atoms with Gasteiger partial charge in [-0.2, -0.15) is 0 Å². The molecule has 1 saturated carbocycles. The van der Waals surface area contributed by atoms with Crippen LogP contribution in [0, 0.1) is 5.92 Å². The fourth-order valence-corrected chi connectivity index (χ4v) is 3.29. The van der Waals surface area contributed by atoms with Crippen molar-refractivity contribution in [1.82, 2.24) is 20.2 Å². The summed E-state index contributed by atoms with van der Waals surface area (Å²) in [6.07, 6.45) is 6.75. The Hall–Kier alpha value is -1.89. The molecule has 0 radical (unpaired) electrons. The molecule has 1 aliphatic carbocycles. The molecule has 1 N–H and O–H groups in total. The Labute approximate surface area is 145 Å². The summed E-state index contributed by atoms with van der Waals surface area (Å²) >= 11 is 5.75. The first-order valence-electron chi connectivity index (χ1n) is 8.20. The Morgan fingerprint density at radius 1 is 1.29 bits per heavy atom. The molecule has 24 heavy (non-hydrogen) atoms. The van der Waals surface area contributed by atoms with Crippen LogP contribution < -0.4 is 10.1 Å². The summed E-state index contributed by atoms with van der Waals surface area (Å²) in [6.45, 7) is 0.511. The van der Waals surface area contributed by atoms with E-state index in [1.54, 1.807) is 11.9 Å². The molecule has 7 nitrogen and oxygen atoms in total. The van der Waals surface area contributed by atoms with Crippen LogP contribution in [0.15, 0.2) is 12.4 Å². The van der Waals surface area contributed by atoms with Gasteiger partial charge in [-0.3, -0.25) is 9.59 Å². The molecule has 0 aromatic carbocycles. The molecule has 2 heterocycles. The van der Waals surface area contributed by atoms with Crippen LogP contribution in [0.4, 0.5) is 0 Å². The quantitative estimate of drug-likeness (QED) is 0.885. The van der Waals surface area contributed by atoms with Crippen LogP contribution in [0.1, 0.15) is 32.1 Å². The second-order valence-corrected chi connectivity index (χ2v) is 6.90. The fourth-order valence-electron chi connectivity index (χ4n) is 3.19. The Morgan fingerprint density at radius 2 is 1.96 bits per heavy atom. The molecule has 3 rings (SSSR count). The van der Waals surface area contributed by atoms with E-state index < -0.39 is 0 Å². The van der Waals surface area contributed by atoms with Gasteiger partial charge in [-0.25, -0.2) is 9.97 Å². The number of likely N-dealkylation sites (tertiary alicyclic amines) is 1. The van der Waals surface area contributed by atoms with Crippen molar-refractivity contribution in [3.8, 4) is 6.01 Å². The normalized spacial score (nSPS) is 27.2. The number of carbonyl (C=O) groups excluding carboxylic acids is 2. The molecule has 1 saturated heterocycles. The third-order valence-corrected chi connectivity index (χ3v) is 4.80. The summed E-state index contributed by atoms with van der Waals surface area (Å²) in [5.74, 6) is -0.202. The molecule has 2 aliphatic rings. The smallest absolute Gasteiger partial charge is 0.316 e. The van der Waals surface area contributed by atoms with Gasteiger partial charge in [0.2, 0.25) is 11.8 Å². The highest BCUT2D eigenvalue weighted by Crippen LogP contribution is 2.23. The Morgan fingerprint density at radius 3 is 2.54 bits per heavy atom. The van der Waals surface area contributed by atoms with Crippen molar-refractivity contribution in [2.75, 3.05) is 13.6 Å². The van der Waals surface area contributed by atoms with Crippen molar-refractivity contribution >= 4 is 23.4 Å². The lowest BCUT2D eigenvalue weighted by molar-refractivity contribution is -0.128. The summed E-state index contributed by atoms with van der Waals surface area (Å²) in [7, 11) is 1.73. The van der Waals surface area contributed by atoms with Gasteiger partial charge in [0.1, 0.15) is 6.10 Å². The Bertz CT molecular complexity index is 602. The van der Waals surface area contributed by atoms with Gasteiger partial charge in [0.25, 0.3) is 0 Å². The molecule has 1 aromatic heterocycles. The molecule has 1 atom stereocenters. The molecule has 0 spiro atoms. The molecule has 1 aromatic rings. The van der Waals surface area contributed by atoms with Gasteiger partial charge in [0, 0.05) is 26.1 Å². The number of amides is 2. The average molecular weight is 353 g/mol. The molecular weight excluding hydrogens is 332 g/mol. The molecule has 0 bridgehead atoms. The van der Waals surface area contributed by atoms with E-state index in [9.17, 15) is 9.59 Å². The highest BCUT2D eigenvalue weighted by atomic mass is 35.5. The predicted octanol–water partition coefficient (Wildman–Crippen LogP) is 1.41. The first-order valence-corrected chi connectivity index (χ1v) is 8.57. The van der Waals surface area contributed by atoms with Gasteiger partial charge in [-0.15, -0.1) is 0 Å². The second-order valence-electron chi connectivity index (χ2n) is 6.46. The maximum Gasteiger partial charge on any atom is 0.316 e. The number of nitrogens with zero attached hydrogens (tertiary/aromatic N) is 3. The van der Waals surface area contributed by atoms with Crippen LogP contribution in [0.2, 0.25) is 5.02 Å². The fraction of sp³-hybridized carbons (Fsp3) is 0.625. The maximum absolute atomic E-state index is 12.3. The zero-order valence-corrected chi connectivity index (χ0v) is 14.3. The summed E-state index contributed by atoms with van der Waals surface area (Å²) < 4.78 is 5.75. The van der Waals surface area contributed by atoms with E-state index in [0.29, 0.717) is 24.0 Å². The Balaban J connectivity index is 1.43. The van der Waals surface area contributed by atoms with E-state index in [2.05, 4.69) is 15.3 Å². The van der Waals surface area contributed by atoms with Crippen molar-refractivity contribution in [3.05, 3.63) is 17.4 Å². The van der Waals surface area contributed by atoms with Crippen LogP contribution >= 0.6 is 11.6 Å². The van der Waals surface area contributed by atoms with E-state index in [-0.39, 0.29) is 29.9 Å². The monoisotopic (exact) mass is 352 g/mol.